The molecule has 0 saturated heterocycles. The molecule has 0 saturated carbocycles. The Morgan fingerprint density at radius 1 is 0.310 bits per heavy atom. The molecule has 18 aromatic rings. The first-order chi connectivity index (χ1) is 43.1. The molecule has 87 heavy (non-hydrogen) atoms. The summed E-state index contributed by atoms with van der Waals surface area (Å²) in [6.07, 6.45) is 0. The van der Waals surface area contributed by atoms with E-state index in [1.807, 2.05) is 71.2 Å². The summed E-state index contributed by atoms with van der Waals surface area (Å²) in [5.74, 6) is 0. The summed E-state index contributed by atoms with van der Waals surface area (Å²) in [5.41, 5.74) is 21.5. The highest BCUT2D eigenvalue weighted by molar-refractivity contribution is 6.15. The number of pyridine rings is 2. The minimum Gasteiger partial charge on any atom is -0.309 e. The van der Waals surface area contributed by atoms with Crippen LogP contribution >= 0.6 is 0 Å². The maximum atomic E-state index is 9.58. The van der Waals surface area contributed by atoms with Crippen molar-refractivity contribution in [3.05, 3.63) is 302 Å². The van der Waals surface area contributed by atoms with Crippen LogP contribution in [0.25, 0.3) is 154 Å². The molecular weight excluding hydrogens is 1060 g/mol. The highest BCUT2D eigenvalue weighted by Crippen LogP contribution is 2.44. The van der Waals surface area contributed by atoms with Gasteiger partial charge in [-0.3, -0.25) is 0 Å². The second kappa shape index (κ2) is 19.7. The van der Waals surface area contributed by atoms with Gasteiger partial charge in [0.1, 0.15) is 22.8 Å². The van der Waals surface area contributed by atoms with Gasteiger partial charge >= 0.3 is 0 Å². The van der Waals surface area contributed by atoms with Gasteiger partial charge in [0.15, 0.2) is 5.69 Å². The van der Waals surface area contributed by atoms with Gasteiger partial charge in [0.2, 0.25) is 0 Å². The van der Waals surface area contributed by atoms with Crippen molar-refractivity contribution in [1.82, 2.24) is 32.9 Å². The number of para-hydroxylation sites is 5. The van der Waals surface area contributed by atoms with E-state index in [2.05, 4.69) is 248 Å². The van der Waals surface area contributed by atoms with E-state index in [0.29, 0.717) is 11.3 Å². The number of hydrogen-bond acceptors (Lipinski definition) is 3. The van der Waals surface area contributed by atoms with E-state index in [0.717, 1.165) is 99.6 Å². The standard InChI is InChI=1S/C47H30N4.C31H17N5/c1-3-14-32(15-4-1)46-47(45-28-23-31-13-7-10-20-40(31)51(45)48-46)50-42-22-12-9-19-37(42)39-30-34(25-27-44(39)50)33-24-26-43-38(29-33)36-18-8-11-21-41(36)49(43)35-16-5-2-6-17-35;1-33-23-13-16-28-25(18-23)24-17-20(19-32)11-14-27(24)35(28)31-29-15-12-21-7-5-6-10-26(21)36(29)34-30(31)22-8-3-2-4-9-22/h1-30H;2-18H. The topological polar surface area (TPSA) is 77.5 Å². The van der Waals surface area contributed by atoms with Crippen molar-refractivity contribution in [2.24, 2.45) is 0 Å². The van der Waals surface area contributed by atoms with Gasteiger partial charge in [0.05, 0.1) is 73.4 Å². The lowest BCUT2D eigenvalue weighted by molar-refractivity contribution is 1.01. The Kier molecular flexibility index (Phi) is 11.2. The van der Waals surface area contributed by atoms with Crippen LogP contribution in [0.1, 0.15) is 5.56 Å². The molecule has 0 fully saturated rings. The van der Waals surface area contributed by atoms with Crippen LogP contribution in [0.3, 0.4) is 0 Å². The smallest absolute Gasteiger partial charge is 0.188 e. The first-order valence-electron chi connectivity index (χ1n) is 29.0. The Hall–Kier alpha value is -12.3. The maximum absolute atomic E-state index is 9.58. The fourth-order valence-electron chi connectivity index (χ4n) is 13.3. The highest BCUT2D eigenvalue weighted by Gasteiger charge is 2.25. The van der Waals surface area contributed by atoms with Crippen LogP contribution in [0.4, 0.5) is 5.69 Å². The van der Waals surface area contributed by atoms with Crippen molar-refractivity contribution in [2.75, 3.05) is 0 Å². The molecule has 18 rings (SSSR count). The number of rotatable bonds is 6. The number of aromatic nitrogens is 7. The summed E-state index contributed by atoms with van der Waals surface area (Å²) in [6, 6.07) is 102. The molecule has 0 amide bonds. The van der Waals surface area contributed by atoms with Gasteiger partial charge in [-0.2, -0.15) is 15.5 Å². The number of nitriles is 1. The molecule has 0 bridgehead atoms. The maximum Gasteiger partial charge on any atom is 0.188 e. The minimum atomic E-state index is 0.568. The fourth-order valence-corrected chi connectivity index (χ4v) is 13.3. The van der Waals surface area contributed by atoms with E-state index in [1.54, 1.807) is 0 Å². The van der Waals surface area contributed by atoms with E-state index >= 15 is 0 Å². The number of benzene rings is 11. The molecule has 0 aliphatic rings. The second-order valence-corrected chi connectivity index (χ2v) is 22.0. The molecule has 11 aromatic carbocycles. The largest absolute Gasteiger partial charge is 0.309 e. The van der Waals surface area contributed by atoms with Crippen molar-refractivity contribution >= 4 is 104 Å². The SMILES string of the molecule is [C-]#[N+]c1ccc2c(c1)c1cc(C#N)ccc1n2-c1c(-c2ccccc2)nn2c1ccc1ccccc12.c1ccc(-c2nn3c(ccc4ccccc43)c2-n2c3ccccc3c3cc(-c4ccc5c(c4)c4ccccc4n5-c4ccccc4)ccc32)cc1. The number of fused-ring (bicyclic) bond motifs is 15. The molecule has 0 radical (unpaired) electrons. The molecule has 7 heterocycles. The predicted molar refractivity (Wildman–Crippen MR) is 356 cm³/mol. The lowest BCUT2D eigenvalue weighted by atomic mass is 10.0. The van der Waals surface area contributed by atoms with Crippen LogP contribution in [-0.4, -0.2) is 32.9 Å². The van der Waals surface area contributed by atoms with Gasteiger partial charge in [0, 0.05) is 54.5 Å². The second-order valence-electron chi connectivity index (χ2n) is 22.0. The van der Waals surface area contributed by atoms with Crippen molar-refractivity contribution in [3.8, 4) is 56.8 Å². The lowest BCUT2D eigenvalue weighted by Crippen LogP contribution is -1.96. The molecule has 0 spiro atoms. The van der Waals surface area contributed by atoms with Crippen LogP contribution in [-0.2, 0) is 0 Å². The van der Waals surface area contributed by atoms with Gasteiger partial charge < -0.3 is 13.7 Å². The van der Waals surface area contributed by atoms with Crippen LogP contribution < -0.4 is 0 Å². The van der Waals surface area contributed by atoms with Crippen LogP contribution in [0, 0.1) is 17.9 Å². The Bertz CT molecular complexity index is 5840. The van der Waals surface area contributed by atoms with Crippen molar-refractivity contribution in [1.29, 1.82) is 5.26 Å². The Morgan fingerprint density at radius 2 is 0.701 bits per heavy atom. The number of hydrogen-bond donors (Lipinski definition) is 0. The van der Waals surface area contributed by atoms with Crippen molar-refractivity contribution in [2.45, 2.75) is 0 Å². The molecule has 7 aromatic heterocycles. The molecule has 404 valence electrons. The van der Waals surface area contributed by atoms with Crippen LogP contribution in [0.15, 0.2) is 285 Å². The zero-order valence-electron chi connectivity index (χ0n) is 46.7. The first kappa shape index (κ1) is 49.3. The highest BCUT2D eigenvalue weighted by atomic mass is 15.3. The molecular formula is C78H47N9. The summed E-state index contributed by atoms with van der Waals surface area (Å²) < 4.78 is 11.1. The van der Waals surface area contributed by atoms with Crippen LogP contribution in [0.2, 0.25) is 0 Å². The Balaban J connectivity index is 0.000000144. The Labute approximate surface area is 498 Å². The zero-order valence-corrected chi connectivity index (χ0v) is 46.7. The van der Waals surface area contributed by atoms with E-state index in [9.17, 15) is 5.26 Å². The third kappa shape index (κ3) is 7.71. The quantitative estimate of drug-likeness (QED) is 0.156. The zero-order chi connectivity index (χ0) is 57.7. The monoisotopic (exact) mass is 1110 g/mol. The summed E-state index contributed by atoms with van der Waals surface area (Å²) in [5, 5.41) is 29.1. The average Bonchev–Trinajstić information content (AvgIpc) is 1.71. The summed E-state index contributed by atoms with van der Waals surface area (Å²) in [6.45, 7) is 7.54. The third-order valence-corrected chi connectivity index (χ3v) is 17.2. The molecule has 0 unspecified atom stereocenters. The van der Waals surface area contributed by atoms with Crippen molar-refractivity contribution < 1.29 is 0 Å². The molecule has 9 heteroatoms. The van der Waals surface area contributed by atoms with Gasteiger partial charge in [-0.05, 0) is 120 Å². The third-order valence-electron chi connectivity index (χ3n) is 17.2. The van der Waals surface area contributed by atoms with Crippen LogP contribution in [0.5, 0.6) is 0 Å². The lowest BCUT2D eigenvalue weighted by Gasteiger charge is -2.10. The van der Waals surface area contributed by atoms with Gasteiger partial charge in [-0.1, -0.05) is 182 Å². The van der Waals surface area contributed by atoms with E-state index in [-0.39, 0.29) is 0 Å². The predicted octanol–water partition coefficient (Wildman–Crippen LogP) is 19.7. The molecule has 9 nitrogen and oxygen atoms in total. The summed E-state index contributed by atoms with van der Waals surface area (Å²) in [7, 11) is 0. The normalized spacial score (nSPS) is 11.7. The minimum absolute atomic E-state index is 0.568. The molecule has 0 aliphatic heterocycles. The van der Waals surface area contributed by atoms with Crippen molar-refractivity contribution in [3.63, 3.8) is 0 Å². The molecule has 0 aliphatic carbocycles. The summed E-state index contributed by atoms with van der Waals surface area (Å²) >= 11 is 0. The number of nitrogens with zero attached hydrogens (tertiary/aromatic N) is 9. The fraction of sp³-hybridized carbons (Fsp3) is 0. The van der Waals surface area contributed by atoms with E-state index < -0.39 is 0 Å². The summed E-state index contributed by atoms with van der Waals surface area (Å²) in [4.78, 5) is 3.65. The first-order valence-corrected chi connectivity index (χ1v) is 29.0. The molecule has 0 N–H and O–H groups in total. The van der Waals surface area contributed by atoms with E-state index in [1.165, 1.54) is 49.4 Å². The Morgan fingerprint density at radius 3 is 1.22 bits per heavy atom. The van der Waals surface area contributed by atoms with E-state index in [4.69, 9.17) is 16.8 Å². The van der Waals surface area contributed by atoms with Gasteiger partial charge in [0.25, 0.3) is 0 Å². The van der Waals surface area contributed by atoms with Gasteiger partial charge in [-0.25, -0.2) is 13.9 Å². The van der Waals surface area contributed by atoms with Gasteiger partial charge in [-0.15, -0.1) is 0 Å². The molecule has 0 atom stereocenters. The average molecular weight is 1110 g/mol.